The summed E-state index contributed by atoms with van der Waals surface area (Å²) in [6, 6.07) is 4.49. The molecule has 1 aliphatic rings. The standard InChI is InChI=1S/C17H26F2N2/c1-17(2)8-6-13(7-9-17)21(3)16(11-20)12-4-5-14(18)15(19)10-12/h4-5,10,13,16H,6-9,11,20H2,1-3H3. The van der Waals surface area contributed by atoms with E-state index in [1.807, 2.05) is 7.05 Å². The van der Waals surface area contributed by atoms with Gasteiger partial charge in [0.25, 0.3) is 0 Å². The van der Waals surface area contributed by atoms with Gasteiger partial charge >= 0.3 is 0 Å². The zero-order valence-corrected chi connectivity index (χ0v) is 13.2. The van der Waals surface area contributed by atoms with Gasteiger partial charge in [-0.3, -0.25) is 4.90 Å². The van der Waals surface area contributed by atoms with Crippen LogP contribution in [0.25, 0.3) is 0 Å². The van der Waals surface area contributed by atoms with Crippen LogP contribution < -0.4 is 5.73 Å². The lowest BCUT2D eigenvalue weighted by Gasteiger charge is -2.41. The van der Waals surface area contributed by atoms with E-state index in [0.29, 0.717) is 18.0 Å². The van der Waals surface area contributed by atoms with Crippen molar-refractivity contribution in [3.05, 3.63) is 35.4 Å². The third kappa shape index (κ3) is 3.80. The molecule has 0 saturated heterocycles. The maximum atomic E-state index is 13.4. The molecule has 1 unspecified atom stereocenters. The average molecular weight is 296 g/mol. The molecule has 0 amide bonds. The first-order valence-electron chi connectivity index (χ1n) is 7.71. The molecule has 0 bridgehead atoms. The smallest absolute Gasteiger partial charge is 0.159 e. The minimum absolute atomic E-state index is 0.0636. The fourth-order valence-electron chi connectivity index (χ4n) is 3.30. The summed E-state index contributed by atoms with van der Waals surface area (Å²) in [5.41, 5.74) is 7.06. The van der Waals surface area contributed by atoms with E-state index < -0.39 is 11.6 Å². The van der Waals surface area contributed by atoms with Crippen LogP contribution in [0.3, 0.4) is 0 Å². The zero-order chi connectivity index (χ0) is 15.6. The lowest BCUT2D eigenvalue weighted by molar-refractivity contribution is 0.0965. The zero-order valence-electron chi connectivity index (χ0n) is 13.2. The van der Waals surface area contributed by atoms with Gasteiger partial charge in [0, 0.05) is 18.6 Å². The molecule has 4 heteroatoms. The summed E-state index contributed by atoms with van der Waals surface area (Å²) in [7, 11) is 2.04. The van der Waals surface area contributed by atoms with Crippen molar-refractivity contribution in [1.82, 2.24) is 4.90 Å². The fraction of sp³-hybridized carbons (Fsp3) is 0.647. The second-order valence-corrected chi connectivity index (χ2v) is 6.99. The number of hydrogen-bond acceptors (Lipinski definition) is 2. The molecule has 1 aliphatic carbocycles. The Hall–Kier alpha value is -1.00. The van der Waals surface area contributed by atoms with Crippen LogP contribution in [0, 0.1) is 17.0 Å². The third-order valence-corrected chi connectivity index (χ3v) is 4.93. The molecule has 0 spiro atoms. The predicted octanol–water partition coefficient (Wildman–Crippen LogP) is 3.87. The highest BCUT2D eigenvalue weighted by atomic mass is 19.2. The molecule has 21 heavy (non-hydrogen) atoms. The normalized spacial score (nSPS) is 20.7. The van der Waals surface area contributed by atoms with Gasteiger partial charge in [-0.25, -0.2) is 8.78 Å². The molecular weight excluding hydrogens is 270 g/mol. The van der Waals surface area contributed by atoms with E-state index in [0.717, 1.165) is 18.4 Å². The van der Waals surface area contributed by atoms with E-state index in [4.69, 9.17) is 5.73 Å². The maximum Gasteiger partial charge on any atom is 0.159 e. The third-order valence-electron chi connectivity index (χ3n) is 4.93. The van der Waals surface area contributed by atoms with Crippen molar-refractivity contribution in [2.45, 2.75) is 51.6 Å². The largest absolute Gasteiger partial charge is 0.329 e. The molecule has 1 aromatic carbocycles. The Kier molecular flexibility index (Phi) is 4.99. The van der Waals surface area contributed by atoms with Crippen LogP contribution in [-0.2, 0) is 0 Å². The van der Waals surface area contributed by atoms with Crippen LogP contribution in [-0.4, -0.2) is 24.5 Å². The van der Waals surface area contributed by atoms with Crippen LogP contribution >= 0.6 is 0 Å². The van der Waals surface area contributed by atoms with Gasteiger partial charge in [0.1, 0.15) is 0 Å². The second kappa shape index (κ2) is 6.41. The lowest BCUT2D eigenvalue weighted by atomic mass is 9.75. The van der Waals surface area contributed by atoms with E-state index in [9.17, 15) is 8.78 Å². The Morgan fingerprint density at radius 3 is 2.38 bits per heavy atom. The number of nitrogens with zero attached hydrogens (tertiary/aromatic N) is 1. The van der Waals surface area contributed by atoms with Crippen molar-refractivity contribution >= 4 is 0 Å². The maximum absolute atomic E-state index is 13.4. The van der Waals surface area contributed by atoms with E-state index in [1.54, 1.807) is 6.07 Å². The summed E-state index contributed by atoms with van der Waals surface area (Å²) in [6.45, 7) is 5.01. The van der Waals surface area contributed by atoms with E-state index in [2.05, 4.69) is 18.7 Å². The Morgan fingerprint density at radius 2 is 1.86 bits per heavy atom. The van der Waals surface area contributed by atoms with Crippen molar-refractivity contribution in [3.63, 3.8) is 0 Å². The van der Waals surface area contributed by atoms with Crippen molar-refractivity contribution < 1.29 is 8.78 Å². The summed E-state index contributed by atoms with van der Waals surface area (Å²) < 4.78 is 26.5. The fourth-order valence-corrected chi connectivity index (χ4v) is 3.30. The minimum atomic E-state index is -0.809. The van der Waals surface area contributed by atoms with Crippen molar-refractivity contribution in [2.75, 3.05) is 13.6 Å². The number of halogens is 2. The molecule has 2 N–H and O–H groups in total. The van der Waals surface area contributed by atoms with Crippen LogP contribution in [0.1, 0.15) is 51.1 Å². The molecule has 1 atom stereocenters. The minimum Gasteiger partial charge on any atom is -0.329 e. The molecule has 118 valence electrons. The van der Waals surface area contributed by atoms with Crippen LogP contribution in [0.15, 0.2) is 18.2 Å². The van der Waals surface area contributed by atoms with Crippen molar-refractivity contribution in [3.8, 4) is 0 Å². The van der Waals surface area contributed by atoms with E-state index >= 15 is 0 Å². The molecule has 0 radical (unpaired) electrons. The number of likely N-dealkylation sites (N-methyl/N-ethyl adjacent to an activating group) is 1. The molecule has 0 aromatic heterocycles. The van der Waals surface area contributed by atoms with Gasteiger partial charge in [-0.2, -0.15) is 0 Å². The van der Waals surface area contributed by atoms with Crippen LogP contribution in [0.2, 0.25) is 0 Å². The van der Waals surface area contributed by atoms with Gasteiger partial charge in [-0.15, -0.1) is 0 Å². The molecular formula is C17H26F2N2. The van der Waals surface area contributed by atoms with Gasteiger partial charge in [-0.1, -0.05) is 19.9 Å². The van der Waals surface area contributed by atoms with Gasteiger partial charge in [0.15, 0.2) is 11.6 Å². The summed E-state index contributed by atoms with van der Waals surface area (Å²) in [5.74, 6) is -1.61. The van der Waals surface area contributed by atoms with Gasteiger partial charge < -0.3 is 5.73 Å². The lowest BCUT2D eigenvalue weighted by Crippen LogP contribution is -2.41. The van der Waals surface area contributed by atoms with E-state index in [-0.39, 0.29) is 6.04 Å². The molecule has 2 nitrogen and oxygen atoms in total. The Morgan fingerprint density at radius 1 is 1.24 bits per heavy atom. The summed E-state index contributed by atoms with van der Waals surface area (Å²) in [6.07, 6.45) is 4.64. The Balaban J connectivity index is 2.11. The van der Waals surface area contributed by atoms with Crippen molar-refractivity contribution in [1.29, 1.82) is 0 Å². The quantitative estimate of drug-likeness (QED) is 0.914. The monoisotopic (exact) mass is 296 g/mol. The molecule has 0 aliphatic heterocycles. The second-order valence-electron chi connectivity index (χ2n) is 6.99. The molecule has 1 aromatic rings. The summed E-state index contributed by atoms with van der Waals surface area (Å²) in [5, 5.41) is 0. The summed E-state index contributed by atoms with van der Waals surface area (Å²) in [4.78, 5) is 2.24. The molecule has 0 heterocycles. The average Bonchev–Trinajstić information content (AvgIpc) is 2.43. The van der Waals surface area contributed by atoms with Gasteiger partial charge in [0.2, 0.25) is 0 Å². The van der Waals surface area contributed by atoms with Gasteiger partial charge in [-0.05, 0) is 55.8 Å². The number of hydrogen-bond donors (Lipinski definition) is 1. The first-order chi connectivity index (χ1) is 9.84. The van der Waals surface area contributed by atoms with E-state index in [1.165, 1.54) is 25.0 Å². The number of nitrogens with two attached hydrogens (primary N) is 1. The molecule has 1 saturated carbocycles. The van der Waals surface area contributed by atoms with Crippen molar-refractivity contribution in [2.24, 2.45) is 11.1 Å². The molecule has 1 fully saturated rings. The first kappa shape index (κ1) is 16.4. The van der Waals surface area contributed by atoms with Crippen LogP contribution in [0.4, 0.5) is 8.78 Å². The Labute approximate surface area is 126 Å². The first-order valence-corrected chi connectivity index (χ1v) is 7.71. The highest BCUT2D eigenvalue weighted by molar-refractivity contribution is 5.22. The summed E-state index contributed by atoms with van der Waals surface area (Å²) >= 11 is 0. The Bertz CT molecular complexity index is 478. The molecule has 2 rings (SSSR count). The highest BCUT2D eigenvalue weighted by Gasteiger charge is 2.31. The number of benzene rings is 1. The van der Waals surface area contributed by atoms with Gasteiger partial charge in [0.05, 0.1) is 0 Å². The predicted molar refractivity (Wildman–Crippen MR) is 82.0 cm³/mol. The van der Waals surface area contributed by atoms with Crippen LogP contribution in [0.5, 0.6) is 0 Å². The highest BCUT2D eigenvalue weighted by Crippen LogP contribution is 2.38. The SMILES string of the molecule is CN(C1CCC(C)(C)CC1)C(CN)c1ccc(F)c(F)c1. The number of rotatable bonds is 4. The topological polar surface area (TPSA) is 29.3 Å².